The molecule has 0 saturated heterocycles. The molecule has 25 heavy (non-hydrogen) atoms. The standard InChI is InChI=1S/C19H19ClFNO3/c1-12(2)17(22-18(23)13-6-4-3-5-7-13)19(24)25-11-14-8-9-15(21)10-16(14)20/h3-10,12,17H,11H2,1-2H3,(H,22,23)/t17-/m0/s1. The highest BCUT2D eigenvalue weighted by Gasteiger charge is 2.26. The van der Waals surface area contributed by atoms with Crippen LogP contribution < -0.4 is 5.32 Å². The van der Waals surface area contributed by atoms with Crippen molar-refractivity contribution in [1.29, 1.82) is 0 Å². The Labute approximate surface area is 150 Å². The number of amides is 1. The van der Waals surface area contributed by atoms with Crippen molar-refractivity contribution in [2.45, 2.75) is 26.5 Å². The molecule has 0 aromatic heterocycles. The van der Waals surface area contributed by atoms with Gasteiger partial charge in [0.15, 0.2) is 0 Å². The first-order chi connectivity index (χ1) is 11.9. The zero-order valence-electron chi connectivity index (χ0n) is 14.0. The summed E-state index contributed by atoms with van der Waals surface area (Å²) >= 11 is 5.92. The van der Waals surface area contributed by atoms with E-state index in [0.717, 1.165) is 6.07 Å². The van der Waals surface area contributed by atoms with Crippen molar-refractivity contribution in [2.24, 2.45) is 5.92 Å². The molecule has 132 valence electrons. The van der Waals surface area contributed by atoms with Crippen molar-refractivity contribution in [3.63, 3.8) is 0 Å². The summed E-state index contributed by atoms with van der Waals surface area (Å²) in [6.07, 6.45) is 0. The Morgan fingerprint density at radius 2 is 1.84 bits per heavy atom. The number of ether oxygens (including phenoxy) is 1. The molecule has 2 rings (SSSR count). The van der Waals surface area contributed by atoms with Crippen molar-refractivity contribution < 1.29 is 18.7 Å². The molecule has 0 fully saturated rings. The predicted octanol–water partition coefficient (Wildman–Crippen LogP) is 3.98. The molecule has 0 radical (unpaired) electrons. The number of hydrogen-bond donors (Lipinski definition) is 1. The molecule has 0 heterocycles. The fourth-order valence-corrected chi connectivity index (χ4v) is 2.41. The second-order valence-corrected chi connectivity index (χ2v) is 6.31. The highest BCUT2D eigenvalue weighted by molar-refractivity contribution is 6.31. The van der Waals surface area contributed by atoms with E-state index in [1.165, 1.54) is 12.1 Å². The quantitative estimate of drug-likeness (QED) is 0.790. The van der Waals surface area contributed by atoms with Gasteiger partial charge in [-0.2, -0.15) is 0 Å². The summed E-state index contributed by atoms with van der Waals surface area (Å²) in [4.78, 5) is 24.6. The predicted molar refractivity (Wildman–Crippen MR) is 93.7 cm³/mol. The van der Waals surface area contributed by atoms with Crippen LogP contribution in [0.4, 0.5) is 4.39 Å². The van der Waals surface area contributed by atoms with Crippen LogP contribution in [0.2, 0.25) is 5.02 Å². The number of benzene rings is 2. The Morgan fingerprint density at radius 3 is 2.44 bits per heavy atom. The normalized spacial score (nSPS) is 11.9. The first-order valence-corrected chi connectivity index (χ1v) is 8.22. The van der Waals surface area contributed by atoms with E-state index in [1.807, 2.05) is 13.8 Å². The molecule has 0 aliphatic rings. The maximum absolute atomic E-state index is 13.0. The molecule has 1 atom stereocenters. The van der Waals surface area contributed by atoms with Crippen LogP contribution in [0.5, 0.6) is 0 Å². The van der Waals surface area contributed by atoms with Crippen LogP contribution >= 0.6 is 11.6 Å². The summed E-state index contributed by atoms with van der Waals surface area (Å²) in [5.41, 5.74) is 0.954. The summed E-state index contributed by atoms with van der Waals surface area (Å²) in [6, 6.07) is 11.7. The highest BCUT2D eigenvalue weighted by Crippen LogP contribution is 2.18. The Hall–Kier alpha value is -2.40. The van der Waals surface area contributed by atoms with Gasteiger partial charge in [-0.15, -0.1) is 0 Å². The lowest BCUT2D eigenvalue weighted by Crippen LogP contribution is -2.45. The van der Waals surface area contributed by atoms with Gasteiger partial charge in [-0.05, 0) is 30.2 Å². The highest BCUT2D eigenvalue weighted by atomic mass is 35.5. The molecule has 2 aromatic carbocycles. The molecule has 0 unspecified atom stereocenters. The lowest BCUT2D eigenvalue weighted by atomic mass is 10.0. The van der Waals surface area contributed by atoms with Crippen LogP contribution in [0, 0.1) is 11.7 Å². The number of halogens is 2. The SMILES string of the molecule is CC(C)[C@H](NC(=O)c1ccccc1)C(=O)OCc1ccc(F)cc1Cl. The maximum Gasteiger partial charge on any atom is 0.329 e. The molecule has 0 aliphatic heterocycles. The number of carbonyl (C=O) groups is 2. The molecule has 4 nitrogen and oxygen atoms in total. The topological polar surface area (TPSA) is 55.4 Å². The van der Waals surface area contributed by atoms with Gasteiger partial charge in [-0.3, -0.25) is 4.79 Å². The zero-order valence-corrected chi connectivity index (χ0v) is 14.7. The molecular weight excluding hydrogens is 345 g/mol. The molecule has 6 heteroatoms. The maximum atomic E-state index is 13.0. The van der Waals surface area contributed by atoms with Crippen LogP contribution in [-0.4, -0.2) is 17.9 Å². The van der Waals surface area contributed by atoms with Gasteiger partial charge in [0, 0.05) is 11.1 Å². The average Bonchev–Trinajstić information content (AvgIpc) is 2.59. The van der Waals surface area contributed by atoms with E-state index in [0.29, 0.717) is 11.1 Å². The lowest BCUT2D eigenvalue weighted by molar-refractivity contribution is -0.148. The summed E-state index contributed by atoms with van der Waals surface area (Å²) in [7, 11) is 0. The van der Waals surface area contributed by atoms with Gasteiger partial charge < -0.3 is 10.1 Å². The average molecular weight is 364 g/mol. The number of esters is 1. The molecule has 0 saturated carbocycles. The van der Waals surface area contributed by atoms with Gasteiger partial charge in [0.05, 0.1) is 5.02 Å². The molecular formula is C19H19ClFNO3. The fourth-order valence-electron chi connectivity index (χ4n) is 2.19. The molecule has 2 aromatic rings. The van der Waals surface area contributed by atoms with Crippen LogP contribution in [-0.2, 0) is 16.1 Å². The van der Waals surface area contributed by atoms with E-state index in [2.05, 4.69) is 5.32 Å². The van der Waals surface area contributed by atoms with Gasteiger partial charge in [-0.25, -0.2) is 9.18 Å². The van der Waals surface area contributed by atoms with Crippen molar-refractivity contribution in [3.8, 4) is 0 Å². The minimum absolute atomic E-state index is 0.0949. The van der Waals surface area contributed by atoms with E-state index in [9.17, 15) is 14.0 Å². The van der Waals surface area contributed by atoms with Crippen LogP contribution in [0.25, 0.3) is 0 Å². The van der Waals surface area contributed by atoms with Crippen LogP contribution in [0.1, 0.15) is 29.8 Å². The Balaban J connectivity index is 2.01. The summed E-state index contributed by atoms with van der Waals surface area (Å²) in [6.45, 7) is 3.52. The van der Waals surface area contributed by atoms with Gasteiger partial charge >= 0.3 is 5.97 Å². The summed E-state index contributed by atoms with van der Waals surface area (Å²) in [5.74, 6) is -1.55. The van der Waals surface area contributed by atoms with Gasteiger partial charge in [0.25, 0.3) is 5.91 Å². The van der Waals surface area contributed by atoms with E-state index in [4.69, 9.17) is 16.3 Å². The molecule has 0 aliphatic carbocycles. The molecule has 1 amide bonds. The third-order valence-electron chi connectivity index (χ3n) is 3.63. The van der Waals surface area contributed by atoms with E-state index in [1.54, 1.807) is 30.3 Å². The Morgan fingerprint density at radius 1 is 1.16 bits per heavy atom. The fraction of sp³-hybridized carbons (Fsp3) is 0.263. The molecule has 0 spiro atoms. The molecule has 1 N–H and O–H groups in total. The van der Waals surface area contributed by atoms with Gasteiger partial charge in [0.1, 0.15) is 18.5 Å². The Kier molecular flexibility index (Phi) is 6.53. The second-order valence-electron chi connectivity index (χ2n) is 5.90. The van der Waals surface area contributed by atoms with Crippen LogP contribution in [0.15, 0.2) is 48.5 Å². The Bertz CT molecular complexity index is 750. The van der Waals surface area contributed by atoms with E-state index < -0.39 is 17.8 Å². The number of carbonyl (C=O) groups excluding carboxylic acids is 2. The van der Waals surface area contributed by atoms with Crippen molar-refractivity contribution in [3.05, 3.63) is 70.5 Å². The lowest BCUT2D eigenvalue weighted by Gasteiger charge is -2.21. The van der Waals surface area contributed by atoms with Gasteiger partial charge in [0.2, 0.25) is 0 Å². The smallest absolute Gasteiger partial charge is 0.329 e. The monoisotopic (exact) mass is 363 g/mol. The molecule has 0 bridgehead atoms. The van der Waals surface area contributed by atoms with E-state index >= 15 is 0 Å². The third kappa shape index (κ3) is 5.29. The van der Waals surface area contributed by atoms with Crippen LogP contribution in [0.3, 0.4) is 0 Å². The van der Waals surface area contributed by atoms with Crippen molar-refractivity contribution in [2.75, 3.05) is 0 Å². The first kappa shape index (κ1) is 18.9. The number of nitrogens with one attached hydrogen (secondary N) is 1. The summed E-state index contributed by atoms with van der Waals surface area (Å²) < 4.78 is 18.3. The number of rotatable bonds is 6. The number of hydrogen-bond acceptors (Lipinski definition) is 3. The van der Waals surface area contributed by atoms with Crippen molar-refractivity contribution >= 4 is 23.5 Å². The zero-order chi connectivity index (χ0) is 18.4. The summed E-state index contributed by atoms with van der Waals surface area (Å²) in [5, 5.41) is 2.87. The minimum atomic E-state index is -0.799. The second kappa shape index (κ2) is 8.62. The van der Waals surface area contributed by atoms with Gasteiger partial charge in [-0.1, -0.05) is 49.7 Å². The van der Waals surface area contributed by atoms with Crippen molar-refractivity contribution in [1.82, 2.24) is 5.32 Å². The minimum Gasteiger partial charge on any atom is -0.459 e. The third-order valence-corrected chi connectivity index (χ3v) is 3.98. The largest absolute Gasteiger partial charge is 0.459 e. The first-order valence-electron chi connectivity index (χ1n) is 7.85. The van der Waals surface area contributed by atoms with E-state index in [-0.39, 0.29) is 23.5 Å².